The molecule has 0 aliphatic rings. The zero-order valence-electron chi connectivity index (χ0n) is 4.36. The van der Waals surface area contributed by atoms with Crippen molar-refractivity contribution >= 4 is 6.03 Å². The summed E-state index contributed by atoms with van der Waals surface area (Å²) in [4.78, 5) is 17.7. The third-order valence-corrected chi connectivity index (χ3v) is 0.161. The highest BCUT2D eigenvalue weighted by Gasteiger charge is 1.80. The Morgan fingerprint density at radius 3 is 1.78 bits per heavy atom. The molecule has 0 radical (unpaired) electrons. The van der Waals surface area contributed by atoms with Crippen molar-refractivity contribution in [3.8, 4) is 0 Å². The molecule has 0 aliphatic heterocycles. The minimum atomic E-state index is -1.75. The molecule has 0 fully saturated rings. The fraction of sp³-hybridized carbons (Fsp3) is 0. The van der Waals surface area contributed by atoms with Crippen molar-refractivity contribution in [1.82, 2.24) is 5.43 Å². The van der Waals surface area contributed by atoms with Gasteiger partial charge in [0.2, 0.25) is 0 Å². The molecule has 2 amide bonds. The fourth-order valence-corrected chi connectivity index (χ4v) is 0. The van der Waals surface area contributed by atoms with E-state index in [2.05, 4.69) is 11.6 Å². The Labute approximate surface area is 49.5 Å². The zero-order valence-corrected chi connectivity index (χ0v) is 4.36. The van der Waals surface area contributed by atoms with E-state index in [4.69, 9.17) is 15.3 Å². The van der Waals surface area contributed by atoms with E-state index in [-0.39, 0.29) is 0 Å². The molecule has 0 spiro atoms. The Hall–Kier alpha value is -1.41. The molecule has 9 heavy (non-hydrogen) atoms. The molecule has 0 aromatic carbocycles. The second kappa shape index (κ2) is 6.59. The molecule has 6 N–H and O–H groups in total. The highest BCUT2D eigenvalue weighted by atomic mass is 16.9. The standard InChI is InChI=1S/CH5N3O.NO3/c2-1(5)4-3;2-1(3)4/h3H2,(H3,2,4,5);/q;-1/p+1. The first-order chi connectivity index (χ1) is 4.00. The maximum Gasteiger partial charge on any atom is 0.425 e. The molecule has 0 bridgehead atoms. The lowest BCUT2D eigenvalue weighted by Crippen LogP contribution is -2.64. The summed E-state index contributed by atoms with van der Waals surface area (Å²) in [6.07, 6.45) is 0. The Bertz CT molecular complexity index is 96.7. The molecule has 0 unspecified atom stereocenters. The van der Waals surface area contributed by atoms with Crippen LogP contribution in [-0.2, 0) is 0 Å². The summed E-state index contributed by atoms with van der Waals surface area (Å²) in [7, 11) is 0. The van der Waals surface area contributed by atoms with Gasteiger partial charge < -0.3 is 15.3 Å². The first kappa shape index (κ1) is 10.5. The van der Waals surface area contributed by atoms with Crippen LogP contribution in [0.3, 0.4) is 0 Å². The van der Waals surface area contributed by atoms with Crippen LogP contribution in [0.15, 0.2) is 0 Å². The van der Waals surface area contributed by atoms with Crippen LogP contribution in [0.2, 0.25) is 0 Å². The van der Waals surface area contributed by atoms with E-state index >= 15 is 0 Å². The predicted octanol–water partition coefficient (Wildman–Crippen LogP) is -2.43. The second-order valence-corrected chi connectivity index (χ2v) is 0.791. The van der Waals surface area contributed by atoms with Gasteiger partial charge in [-0.25, -0.2) is 16.1 Å². The summed E-state index contributed by atoms with van der Waals surface area (Å²) < 4.78 is 0. The lowest BCUT2D eigenvalue weighted by Gasteiger charge is -1.75. The van der Waals surface area contributed by atoms with E-state index in [1.165, 1.54) is 0 Å². The monoisotopic (exact) mass is 138 g/mol. The molecule has 0 aromatic heterocycles. The Kier molecular flexibility index (Phi) is 7.72. The normalized spacial score (nSPS) is 6.44. The third kappa shape index (κ3) is 399. The molecule has 0 aliphatic carbocycles. The second-order valence-electron chi connectivity index (χ2n) is 0.791. The summed E-state index contributed by atoms with van der Waals surface area (Å²) in [6.45, 7) is 0. The van der Waals surface area contributed by atoms with Crippen LogP contribution in [0.25, 0.3) is 0 Å². The van der Waals surface area contributed by atoms with Gasteiger partial charge in [-0.3, -0.25) is 5.73 Å². The summed E-state index contributed by atoms with van der Waals surface area (Å²) in [5.74, 6) is 4.51. The van der Waals surface area contributed by atoms with E-state index in [0.717, 1.165) is 0 Å². The van der Waals surface area contributed by atoms with Gasteiger partial charge in [0.25, 0.3) is 0 Å². The average molecular weight is 138 g/mol. The molecule has 0 saturated carbocycles. The molecule has 0 aromatic rings. The third-order valence-electron chi connectivity index (χ3n) is 0.161. The number of urea groups is 1. The van der Waals surface area contributed by atoms with Gasteiger partial charge in [0, 0.05) is 0 Å². The number of hydrazine groups is 1. The lowest BCUT2D eigenvalue weighted by molar-refractivity contribution is -0.402. The molecule has 8 heteroatoms. The number of amides is 2. The van der Waals surface area contributed by atoms with Crippen molar-refractivity contribution in [2.75, 3.05) is 0 Å². The summed E-state index contributed by atoms with van der Waals surface area (Å²) in [6, 6.07) is -0.468. The van der Waals surface area contributed by atoms with E-state index in [1.54, 1.807) is 5.43 Å². The maximum absolute atomic E-state index is 9.47. The number of nitrogens with one attached hydrogen (secondary N) is 1. The number of hydrogen-bond acceptors (Lipinski definition) is 5. The van der Waals surface area contributed by atoms with Crippen molar-refractivity contribution in [2.45, 2.75) is 0 Å². The minimum Gasteiger partial charge on any atom is -0.356 e. The summed E-state index contributed by atoms with van der Waals surface area (Å²) in [5.41, 5.74) is 4.66. The number of hydrogen-bond donors (Lipinski definition) is 3. The van der Waals surface area contributed by atoms with Gasteiger partial charge in [-0.05, 0) is 0 Å². The van der Waals surface area contributed by atoms with Gasteiger partial charge >= 0.3 is 6.03 Å². The van der Waals surface area contributed by atoms with Gasteiger partial charge in [0.15, 0.2) is 0 Å². The number of carbonyl (C=O) groups is 1. The molecule has 54 valence electrons. The smallest absolute Gasteiger partial charge is 0.356 e. The molecule has 0 rings (SSSR count). The van der Waals surface area contributed by atoms with Gasteiger partial charge in [-0.2, -0.15) is 0 Å². The first-order valence-electron chi connectivity index (χ1n) is 1.64. The number of rotatable bonds is 0. The maximum atomic E-state index is 9.47. The quantitative estimate of drug-likeness (QED) is 0.147. The van der Waals surface area contributed by atoms with Crippen LogP contribution >= 0.6 is 0 Å². The van der Waals surface area contributed by atoms with Crippen LogP contribution < -0.4 is 17.0 Å². The minimum absolute atomic E-state index is 0.468. The topological polar surface area (TPSA) is 149 Å². The van der Waals surface area contributed by atoms with Crippen LogP contribution in [0.1, 0.15) is 0 Å². The van der Waals surface area contributed by atoms with Crippen LogP contribution in [0.5, 0.6) is 0 Å². The molecule has 8 nitrogen and oxygen atoms in total. The molecule has 0 atom stereocenters. The molecular formula is CH6N4O4. The van der Waals surface area contributed by atoms with Crippen LogP contribution in [0, 0.1) is 15.3 Å². The van der Waals surface area contributed by atoms with Gasteiger partial charge in [0.1, 0.15) is 0 Å². The predicted molar refractivity (Wildman–Crippen MR) is 26.0 cm³/mol. The number of nitrogens with two attached hydrogens (primary N) is 1. The zero-order chi connectivity index (χ0) is 7.86. The molecule has 0 heterocycles. The first-order valence-corrected chi connectivity index (χ1v) is 1.64. The van der Waals surface area contributed by atoms with Crippen LogP contribution in [0.4, 0.5) is 4.79 Å². The summed E-state index contributed by atoms with van der Waals surface area (Å²) in [5, 5.41) is 14.8. The van der Waals surface area contributed by atoms with Crippen molar-refractivity contribution in [1.29, 1.82) is 0 Å². The van der Waals surface area contributed by atoms with E-state index in [1.807, 2.05) is 0 Å². The van der Waals surface area contributed by atoms with Gasteiger partial charge in [0.05, 0.1) is 5.09 Å². The fourth-order valence-electron chi connectivity index (χ4n) is 0. The Balaban J connectivity index is 0. The highest BCUT2D eigenvalue weighted by Crippen LogP contribution is 1.44. The van der Waals surface area contributed by atoms with Crippen molar-refractivity contribution in [3.63, 3.8) is 0 Å². The average Bonchev–Trinajstić information content (AvgIpc) is 1.65. The van der Waals surface area contributed by atoms with Crippen LogP contribution in [-0.4, -0.2) is 11.1 Å². The SMILES string of the molecule is NNC([NH3+])=O.O=[N+]([O-])[O-]. The van der Waals surface area contributed by atoms with Crippen molar-refractivity contribution in [2.24, 2.45) is 5.84 Å². The Morgan fingerprint density at radius 1 is 1.67 bits per heavy atom. The Morgan fingerprint density at radius 2 is 1.78 bits per heavy atom. The van der Waals surface area contributed by atoms with Crippen molar-refractivity contribution < 1.29 is 15.6 Å². The number of carbonyl (C=O) groups excluding carboxylic acids is 1. The lowest BCUT2D eigenvalue weighted by atomic mass is 11.2. The largest absolute Gasteiger partial charge is 0.425 e. The van der Waals surface area contributed by atoms with Gasteiger partial charge in [-0.15, -0.1) is 0 Å². The number of quaternary nitrogens is 1. The van der Waals surface area contributed by atoms with E-state index < -0.39 is 11.1 Å². The number of nitrogens with zero attached hydrogens (tertiary/aromatic N) is 1. The summed E-state index contributed by atoms with van der Waals surface area (Å²) >= 11 is 0. The van der Waals surface area contributed by atoms with E-state index in [9.17, 15) is 4.79 Å². The van der Waals surface area contributed by atoms with Gasteiger partial charge in [-0.1, -0.05) is 0 Å². The van der Waals surface area contributed by atoms with E-state index in [0.29, 0.717) is 0 Å². The van der Waals surface area contributed by atoms with Crippen molar-refractivity contribution in [3.05, 3.63) is 15.3 Å². The molecular weight excluding hydrogens is 132 g/mol. The molecule has 0 saturated heterocycles. The highest BCUT2D eigenvalue weighted by molar-refractivity contribution is 5.60.